The number of carbonyl (C=O) groups excluding carboxylic acids is 4. The van der Waals surface area contributed by atoms with Crippen LogP contribution in [0.1, 0.15) is 119 Å². The van der Waals surface area contributed by atoms with Crippen molar-refractivity contribution in [1.29, 1.82) is 0 Å². The fourth-order valence-electron chi connectivity index (χ4n) is 8.52. The number of rotatable bonds is 19. The second kappa shape index (κ2) is 22.0. The number of nitrogens with zero attached hydrogens (tertiary/aromatic N) is 1. The summed E-state index contributed by atoms with van der Waals surface area (Å²) >= 11 is 0. The van der Waals surface area contributed by atoms with Crippen LogP contribution in [0.3, 0.4) is 0 Å². The molecule has 0 spiro atoms. The Bertz CT molecular complexity index is 1380. The summed E-state index contributed by atoms with van der Waals surface area (Å²) in [5.74, 6) is -7.50. The van der Waals surface area contributed by atoms with Gasteiger partial charge in [0, 0.05) is 52.0 Å². The second-order valence-electron chi connectivity index (χ2n) is 16.5. The number of Topliss-reactive ketones (excluding diaryl/α,β-unsaturated/α-hetero) is 2. The van der Waals surface area contributed by atoms with Crippen LogP contribution in [0.5, 0.6) is 0 Å². The standard InChI is InChI=1S/C43H71NO12/c1-11-15-35(52-8)39-37(54-10)22-28(6)43(51,56-39)40(48)41(49)44-19-14-13-16-31(44)42(50)55-38(27(5)21-30-17-18-32(45)36(23-30)53-9)29(7)34(47)24-33(46)26(4)20-25(3)12-2/h20-21,26,28-32,34-39,45,47,51H,11-19,22-24H2,1-10H3/b25-20+,27-21+. The fraction of sp³-hybridized carbons (Fsp3) is 0.814. The van der Waals surface area contributed by atoms with Gasteiger partial charge in [0.05, 0.1) is 30.5 Å². The van der Waals surface area contributed by atoms with E-state index >= 15 is 0 Å². The summed E-state index contributed by atoms with van der Waals surface area (Å²) in [7, 11) is 4.61. The van der Waals surface area contributed by atoms with E-state index in [1.54, 1.807) is 27.9 Å². The first-order chi connectivity index (χ1) is 26.5. The second-order valence-corrected chi connectivity index (χ2v) is 16.5. The molecule has 13 unspecified atom stereocenters. The van der Waals surface area contributed by atoms with E-state index < -0.39 is 83.9 Å². The normalized spacial score (nSPS) is 31.9. The number of esters is 1. The number of ether oxygens (including phenoxy) is 5. The highest BCUT2D eigenvalue weighted by molar-refractivity contribution is 6.39. The lowest BCUT2D eigenvalue weighted by molar-refractivity contribution is -0.302. The van der Waals surface area contributed by atoms with E-state index in [1.807, 2.05) is 39.8 Å². The third kappa shape index (κ3) is 11.8. The van der Waals surface area contributed by atoms with Gasteiger partial charge >= 0.3 is 5.97 Å². The van der Waals surface area contributed by atoms with E-state index in [1.165, 1.54) is 19.1 Å². The molecule has 2 saturated heterocycles. The number of amides is 1. The zero-order valence-corrected chi connectivity index (χ0v) is 35.5. The highest BCUT2D eigenvalue weighted by Crippen LogP contribution is 2.38. The van der Waals surface area contributed by atoms with Crippen LogP contribution in [-0.4, -0.2) is 126 Å². The summed E-state index contributed by atoms with van der Waals surface area (Å²) in [6.45, 7) is 13.0. The topological polar surface area (TPSA) is 178 Å². The first-order valence-corrected chi connectivity index (χ1v) is 20.8. The molecule has 13 nitrogen and oxygen atoms in total. The summed E-state index contributed by atoms with van der Waals surface area (Å²) in [6, 6.07) is -1.14. The number of ketones is 2. The van der Waals surface area contributed by atoms with E-state index in [4.69, 9.17) is 23.7 Å². The Kier molecular flexibility index (Phi) is 18.8. The Labute approximate surface area is 334 Å². The molecule has 56 heavy (non-hydrogen) atoms. The number of piperidine rings is 1. The van der Waals surface area contributed by atoms with Gasteiger partial charge in [-0.2, -0.15) is 0 Å². The number of aliphatic hydroxyl groups is 3. The predicted molar refractivity (Wildman–Crippen MR) is 210 cm³/mol. The Morgan fingerprint density at radius 3 is 2.27 bits per heavy atom. The fourth-order valence-corrected chi connectivity index (χ4v) is 8.52. The molecule has 3 fully saturated rings. The Morgan fingerprint density at radius 2 is 1.66 bits per heavy atom. The zero-order valence-electron chi connectivity index (χ0n) is 35.5. The SMILES string of the molecule is CCCC(OC)C1OC(O)(C(=O)C(=O)N2CCCCC2C(=O)OC(/C(C)=C/C2CCC(O)C(OC)C2)C(C)C(O)CC(=O)C(C)/C=C(\C)CC)C(C)CC1OC. The minimum Gasteiger partial charge on any atom is -0.456 e. The smallest absolute Gasteiger partial charge is 0.329 e. The van der Waals surface area contributed by atoms with Crippen molar-refractivity contribution in [2.75, 3.05) is 27.9 Å². The minimum absolute atomic E-state index is 0.00197. The molecule has 0 bridgehead atoms. The zero-order chi connectivity index (χ0) is 41.9. The summed E-state index contributed by atoms with van der Waals surface area (Å²) in [6.07, 6.45) is 4.37. The summed E-state index contributed by atoms with van der Waals surface area (Å²) < 4.78 is 29.2. The van der Waals surface area contributed by atoms with Gasteiger partial charge < -0.3 is 43.9 Å². The van der Waals surface area contributed by atoms with Crippen LogP contribution in [0.4, 0.5) is 0 Å². The Balaban J connectivity index is 1.91. The van der Waals surface area contributed by atoms with Crippen molar-refractivity contribution in [2.24, 2.45) is 23.7 Å². The van der Waals surface area contributed by atoms with Crippen molar-refractivity contribution in [3.8, 4) is 0 Å². The van der Waals surface area contributed by atoms with E-state index in [-0.39, 0.29) is 43.6 Å². The molecule has 1 aliphatic carbocycles. The van der Waals surface area contributed by atoms with Crippen molar-refractivity contribution in [1.82, 2.24) is 4.90 Å². The summed E-state index contributed by atoms with van der Waals surface area (Å²) in [5, 5.41) is 33.7. The van der Waals surface area contributed by atoms with Gasteiger partial charge in [-0.25, -0.2) is 4.79 Å². The average Bonchev–Trinajstić information content (AvgIpc) is 3.19. The Hall–Kier alpha value is -2.52. The van der Waals surface area contributed by atoms with Crippen LogP contribution < -0.4 is 0 Å². The van der Waals surface area contributed by atoms with E-state index in [9.17, 15) is 34.5 Å². The lowest BCUT2D eigenvalue weighted by Crippen LogP contribution is -2.64. The van der Waals surface area contributed by atoms with Crippen LogP contribution in [-0.2, 0) is 42.9 Å². The van der Waals surface area contributed by atoms with Gasteiger partial charge in [-0.15, -0.1) is 0 Å². The molecule has 13 atom stereocenters. The van der Waals surface area contributed by atoms with Crippen LogP contribution in [0, 0.1) is 23.7 Å². The van der Waals surface area contributed by atoms with Crippen molar-refractivity contribution in [3.05, 3.63) is 23.3 Å². The molecular formula is C43H71NO12. The number of hydrogen-bond acceptors (Lipinski definition) is 12. The minimum atomic E-state index is -2.48. The third-order valence-electron chi connectivity index (χ3n) is 12.4. The highest BCUT2D eigenvalue weighted by atomic mass is 16.7. The molecule has 2 heterocycles. The van der Waals surface area contributed by atoms with Crippen molar-refractivity contribution in [3.63, 3.8) is 0 Å². The van der Waals surface area contributed by atoms with Gasteiger partial charge in [0.2, 0.25) is 5.79 Å². The molecule has 0 radical (unpaired) electrons. The van der Waals surface area contributed by atoms with E-state index in [2.05, 4.69) is 0 Å². The van der Waals surface area contributed by atoms with Gasteiger partial charge in [-0.3, -0.25) is 14.4 Å². The van der Waals surface area contributed by atoms with Crippen LogP contribution in [0.15, 0.2) is 23.3 Å². The highest BCUT2D eigenvalue weighted by Gasteiger charge is 2.56. The molecule has 0 aromatic carbocycles. The summed E-state index contributed by atoms with van der Waals surface area (Å²) in [4.78, 5) is 56.8. The van der Waals surface area contributed by atoms with Gasteiger partial charge in [-0.05, 0) is 83.1 Å². The van der Waals surface area contributed by atoms with Gasteiger partial charge in [0.15, 0.2) is 0 Å². The molecular weight excluding hydrogens is 722 g/mol. The largest absolute Gasteiger partial charge is 0.456 e. The van der Waals surface area contributed by atoms with Crippen molar-refractivity contribution in [2.45, 2.75) is 174 Å². The van der Waals surface area contributed by atoms with E-state index in [0.717, 1.165) is 18.4 Å². The first-order valence-electron chi connectivity index (χ1n) is 20.8. The molecule has 3 rings (SSSR count). The first kappa shape index (κ1) is 47.9. The quantitative estimate of drug-likeness (QED) is 0.0921. The van der Waals surface area contributed by atoms with Crippen molar-refractivity contribution < 1.29 is 58.2 Å². The monoisotopic (exact) mass is 793 g/mol. The molecule has 1 saturated carbocycles. The average molecular weight is 794 g/mol. The van der Waals surface area contributed by atoms with Gasteiger partial charge in [0.25, 0.3) is 11.7 Å². The van der Waals surface area contributed by atoms with Gasteiger partial charge in [0.1, 0.15) is 24.0 Å². The Morgan fingerprint density at radius 1 is 0.982 bits per heavy atom. The number of likely N-dealkylation sites (tertiary alicyclic amines) is 1. The predicted octanol–water partition coefficient (Wildman–Crippen LogP) is 4.86. The number of allylic oxidation sites excluding steroid dienone is 3. The van der Waals surface area contributed by atoms with Crippen molar-refractivity contribution >= 4 is 23.4 Å². The number of hydrogen-bond donors (Lipinski definition) is 3. The molecule has 0 aromatic rings. The molecule has 2 aliphatic heterocycles. The molecule has 3 aliphatic rings. The molecule has 3 N–H and O–H groups in total. The summed E-state index contributed by atoms with van der Waals surface area (Å²) in [5.41, 5.74) is 1.73. The maximum absolute atomic E-state index is 14.3. The van der Waals surface area contributed by atoms with Crippen LogP contribution in [0.25, 0.3) is 0 Å². The number of carbonyl (C=O) groups is 4. The van der Waals surface area contributed by atoms with E-state index in [0.29, 0.717) is 44.1 Å². The maximum Gasteiger partial charge on any atom is 0.329 e. The lowest BCUT2D eigenvalue weighted by Gasteiger charge is -2.46. The molecule has 1 amide bonds. The molecule has 0 aromatic heterocycles. The van der Waals surface area contributed by atoms with Crippen LogP contribution >= 0.6 is 0 Å². The van der Waals surface area contributed by atoms with Gasteiger partial charge in [-0.1, -0.05) is 58.8 Å². The maximum atomic E-state index is 14.3. The molecule has 13 heteroatoms. The lowest BCUT2D eigenvalue weighted by atomic mass is 9.82. The number of aliphatic hydroxyl groups excluding tert-OH is 2. The third-order valence-corrected chi connectivity index (χ3v) is 12.4. The van der Waals surface area contributed by atoms with Crippen LogP contribution in [0.2, 0.25) is 0 Å². The molecule has 320 valence electrons. The number of methoxy groups -OCH3 is 3.